The van der Waals surface area contributed by atoms with E-state index in [0.717, 1.165) is 17.3 Å². The van der Waals surface area contributed by atoms with E-state index in [1.54, 1.807) is 11.8 Å². The molecule has 84 valence electrons. The van der Waals surface area contributed by atoms with Crippen molar-refractivity contribution in [3.63, 3.8) is 0 Å². The maximum atomic E-state index is 9.55. The van der Waals surface area contributed by atoms with Gasteiger partial charge in [-0.25, -0.2) is 0 Å². The molecule has 0 amide bonds. The fraction of sp³-hybridized carbons (Fsp3) is 0.500. The summed E-state index contributed by atoms with van der Waals surface area (Å²) in [7, 11) is 0. The van der Waals surface area contributed by atoms with Crippen LogP contribution in [0.15, 0.2) is 24.3 Å². The molecule has 1 N–H and O–H groups in total. The van der Waals surface area contributed by atoms with E-state index in [0.29, 0.717) is 6.61 Å². The largest absolute Gasteiger partial charge is 0.491 e. The van der Waals surface area contributed by atoms with Crippen LogP contribution in [0.3, 0.4) is 0 Å². The van der Waals surface area contributed by atoms with Gasteiger partial charge in [0.05, 0.1) is 6.10 Å². The molecule has 2 nitrogen and oxygen atoms in total. The minimum Gasteiger partial charge on any atom is -0.491 e. The molecule has 1 rings (SSSR count). The molecule has 0 aliphatic carbocycles. The highest BCUT2D eigenvalue weighted by molar-refractivity contribution is 7.99. The zero-order valence-electron chi connectivity index (χ0n) is 9.27. The molecular formula is C12H18O2S. The molecule has 0 radical (unpaired) electrons. The van der Waals surface area contributed by atoms with Crippen LogP contribution < -0.4 is 4.74 Å². The Morgan fingerprint density at radius 3 is 2.60 bits per heavy atom. The van der Waals surface area contributed by atoms with Gasteiger partial charge in [0.25, 0.3) is 0 Å². The second-order valence-electron chi connectivity index (χ2n) is 3.44. The van der Waals surface area contributed by atoms with E-state index >= 15 is 0 Å². The number of aryl methyl sites for hydroxylation is 1. The zero-order valence-corrected chi connectivity index (χ0v) is 10.1. The van der Waals surface area contributed by atoms with Crippen LogP contribution in [-0.2, 0) is 0 Å². The van der Waals surface area contributed by atoms with Gasteiger partial charge >= 0.3 is 0 Å². The Morgan fingerprint density at radius 1 is 1.33 bits per heavy atom. The Kier molecular flexibility index (Phi) is 5.58. The number of ether oxygens (including phenoxy) is 1. The van der Waals surface area contributed by atoms with Crippen molar-refractivity contribution in [1.29, 1.82) is 0 Å². The lowest BCUT2D eigenvalue weighted by molar-refractivity contribution is 0.126. The first kappa shape index (κ1) is 12.4. The molecule has 0 aromatic heterocycles. The van der Waals surface area contributed by atoms with E-state index in [1.165, 1.54) is 5.56 Å². The van der Waals surface area contributed by atoms with Crippen molar-refractivity contribution >= 4 is 11.8 Å². The quantitative estimate of drug-likeness (QED) is 0.808. The van der Waals surface area contributed by atoms with E-state index in [2.05, 4.69) is 6.92 Å². The summed E-state index contributed by atoms with van der Waals surface area (Å²) >= 11 is 1.72. The topological polar surface area (TPSA) is 29.5 Å². The molecule has 0 heterocycles. The molecule has 0 fully saturated rings. The molecule has 0 saturated heterocycles. The summed E-state index contributed by atoms with van der Waals surface area (Å²) in [5.74, 6) is 2.59. The lowest BCUT2D eigenvalue weighted by atomic mass is 10.2. The number of hydrogen-bond acceptors (Lipinski definition) is 3. The number of rotatable bonds is 6. The highest BCUT2D eigenvalue weighted by Crippen LogP contribution is 2.12. The minimum atomic E-state index is -0.378. The predicted molar refractivity (Wildman–Crippen MR) is 65.7 cm³/mol. The van der Waals surface area contributed by atoms with Gasteiger partial charge in [-0.1, -0.05) is 24.6 Å². The highest BCUT2D eigenvalue weighted by Gasteiger charge is 2.04. The Balaban J connectivity index is 2.27. The third kappa shape index (κ3) is 5.09. The average molecular weight is 226 g/mol. The molecule has 0 spiro atoms. The minimum absolute atomic E-state index is 0.371. The number of hydrogen-bond donors (Lipinski definition) is 1. The van der Waals surface area contributed by atoms with Crippen LogP contribution in [0, 0.1) is 6.92 Å². The van der Waals surface area contributed by atoms with Crippen molar-refractivity contribution < 1.29 is 9.84 Å². The molecule has 1 aromatic rings. The monoisotopic (exact) mass is 226 g/mol. The first-order valence-corrected chi connectivity index (χ1v) is 6.33. The highest BCUT2D eigenvalue weighted by atomic mass is 32.2. The average Bonchev–Trinajstić information content (AvgIpc) is 2.25. The van der Waals surface area contributed by atoms with Gasteiger partial charge in [0, 0.05) is 5.75 Å². The van der Waals surface area contributed by atoms with E-state index in [-0.39, 0.29) is 6.10 Å². The van der Waals surface area contributed by atoms with E-state index in [4.69, 9.17) is 4.74 Å². The summed E-state index contributed by atoms with van der Waals surface area (Å²) in [5, 5.41) is 9.55. The van der Waals surface area contributed by atoms with E-state index < -0.39 is 0 Å². The Morgan fingerprint density at radius 2 is 2.00 bits per heavy atom. The number of aliphatic hydroxyl groups is 1. The van der Waals surface area contributed by atoms with Crippen LogP contribution in [0.25, 0.3) is 0 Å². The molecule has 0 unspecified atom stereocenters. The molecular weight excluding hydrogens is 208 g/mol. The molecule has 0 saturated carbocycles. The summed E-state index contributed by atoms with van der Waals surface area (Å²) in [4.78, 5) is 0. The van der Waals surface area contributed by atoms with Crippen LogP contribution in [-0.4, -0.2) is 29.3 Å². The molecule has 1 atom stereocenters. The first-order valence-electron chi connectivity index (χ1n) is 5.17. The Hall–Kier alpha value is -0.670. The number of aliphatic hydroxyl groups excluding tert-OH is 1. The fourth-order valence-corrected chi connectivity index (χ4v) is 1.73. The maximum Gasteiger partial charge on any atom is 0.119 e. The van der Waals surface area contributed by atoms with Gasteiger partial charge in [-0.2, -0.15) is 11.8 Å². The Bertz CT molecular complexity index is 271. The number of thioether (sulfide) groups is 1. The van der Waals surface area contributed by atoms with E-state index in [9.17, 15) is 5.11 Å². The van der Waals surface area contributed by atoms with Gasteiger partial charge in [0.1, 0.15) is 12.4 Å². The number of benzene rings is 1. The summed E-state index contributed by atoms with van der Waals surface area (Å²) in [5.41, 5.74) is 1.21. The zero-order chi connectivity index (χ0) is 11.1. The molecule has 3 heteroatoms. The van der Waals surface area contributed by atoms with Crippen LogP contribution in [0.2, 0.25) is 0 Å². The van der Waals surface area contributed by atoms with Gasteiger partial charge < -0.3 is 9.84 Å². The van der Waals surface area contributed by atoms with Gasteiger partial charge in [0.15, 0.2) is 0 Å². The van der Waals surface area contributed by atoms with Crippen molar-refractivity contribution in [2.45, 2.75) is 20.0 Å². The molecule has 0 aliphatic rings. The normalized spacial score (nSPS) is 12.5. The smallest absolute Gasteiger partial charge is 0.119 e. The van der Waals surface area contributed by atoms with Crippen LogP contribution in [0.4, 0.5) is 0 Å². The van der Waals surface area contributed by atoms with Crippen molar-refractivity contribution in [2.75, 3.05) is 18.1 Å². The summed E-state index contributed by atoms with van der Waals surface area (Å²) in [6, 6.07) is 7.86. The van der Waals surface area contributed by atoms with Gasteiger partial charge in [-0.3, -0.25) is 0 Å². The lowest BCUT2D eigenvalue weighted by Gasteiger charge is -2.11. The maximum absolute atomic E-state index is 9.55. The molecule has 0 aliphatic heterocycles. The van der Waals surface area contributed by atoms with Crippen molar-refractivity contribution in [3.8, 4) is 5.75 Å². The van der Waals surface area contributed by atoms with Crippen LogP contribution in [0.5, 0.6) is 5.75 Å². The van der Waals surface area contributed by atoms with Gasteiger partial charge in [-0.05, 0) is 24.8 Å². The lowest BCUT2D eigenvalue weighted by Crippen LogP contribution is -2.20. The standard InChI is InChI=1S/C12H18O2S/c1-3-15-9-11(13)8-14-12-6-4-10(2)5-7-12/h4-7,11,13H,3,8-9H2,1-2H3/t11-/m0/s1. The SMILES string of the molecule is CCSC[C@@H](O)COc1ccc(C)cc1. The fourth-order valence-electron chi connectivity index (χ4n) is 1.13. The first-order chi connectivity index (χ1) is 7.22. The predicted octanol–water partition coefficient (Wildman–Crippen LogP) is 2.49. The summed E-state index contributed by atoms with van der Waals surface area (Å²) < 4.78 is 5.46. The third-order valence-electron chi connectivity index (χ3n) is 1.98. The Labute approximate surface area is 95.7 Å². The van der Waals surface area contributed by atoms with Crippen molar-refractivity contribution in [2.24, 2.45) is 0 Å². The van der Waals surface area contributed by atoms with Gasteiger partial charge in [0.2, 0.25) is 0 Å². The molecule has 1 aromatic carbocycles. The molecule has 0 bridgehead atoms. The van der Waals surface area contributed by atoms with Crippen LogP contribution in [0.1, 0.15) is 12.5 Å². The van der Waals surface area contributed by atoms with Crippen molar-refractivity contribution in [3.05, 3.63) is 29.8 Å². The van der Waals surface area contributed by atoms with Gasteiger partial charge in [-0.15, -0.1) is 0 Å². The second-order valence-corrected chi connectivity index (χ2v) is 4.76. The molecule has 15 heavy (non-hydrogen) atoms. The second kappa shape index (κ2) is 6.75. The summed E-state index contributed by atoms with van der Waals surface area (Å²) in [6.45, 7) is 4.49. The van der Waals surface area contributed by atoms with Crippen molar-refractivity contribution in [1.82, 2.24) is 0 Å². The summed E-state index contributed by atoms with van der Waals surface area (Å²) in [6.07, 6.45) is -0.378. The van der Waals surface area contributed by atoms with E-state index in [1.807, 2.05) is 31.2 Å². The van der Waals surface area contributed by atoms with Crippen LogP contribution >= 0.6 is 11.8 Å². The third-order valence-corrected chi connectivity index (χ3v) is 3.01.